The Bertz CT molecular complexity index is 689. The third-order valence-electron chi connectivity index (χ3n) is 10.6. The van der Waals surface area contributed by atoms with E-state index in [-0.39, 0.29) is 18.0 Å². The van der Waals surface area contributed by atoms with Gasteiger partial charge in [0.15, 0.2) is 0 Å². The van der Waals surface area contributed by atoms with Gasteiger partial charge in [-0.1, -0.05) is 20.8 Å². The highest BCUT2D eigenvalue weighted by molar-refractivity contribution is 5.69. The molecule has 0 radical (unpaired) electrons. The van der Waals surface area contributed by atoms with Crippen molar-refractivity contribution in [2.24, 2.45) is 46.3 Å². The van der Waals surface area contributed by atoms with Crippen molar-refractivity contribution in [1.82, 2.24) is 0 Å². The normalized spacial score (nSPS) is 45.1. The van der Waals surface area contributed by atoms with E-state index in [0.29, 0.717) is 23.2 Å². The van der Waals surface area contributed by atoms with Gasteiger partial charge in [0.1, 0.15) is 6.10 Å². The van der Waals surface area contributed by atoms with Gasteiger partial charge in [-0.2, -0.15) is 0 Å². The molecule has 0 amide bonds. The number of carbonyl (C=O) groups excluding carboxylic acids is 2. The van der Waals surface area contributed by atoms with Crippen LogP contribution in [-0.4, -0.2) is 25.2 Å². The van der Waals surface area contributed by atoms with Crippen molar-refractivity contribution < 1.29 is 19.1 Å². The molecule has 176 valence electrons. The molecule has 9 atom stereocenters. The van der Waals surface area contributed by atoms with Crippen LogP contribution in [0.1, 0.15) is 98.3 Å². The number of methoxy groups -OCH3 is 1. The van der Waals surface area contributed by atoms with Crippen LogP contribution in [-0.2, 0) is 19.1 Å². The zero-order chi connectivity index (χ0) is 22.4. The number of esters is 2. The minimum absolute atomic E-state index is 0.0637. The van der Waals surface area contributed by atoms with Gasteiger partial charge in [-0.05, 0) is 111 Å². The van der Waals surface area contributed by atoms with Crippen molar-refractivity contribution in [2.75, 3.05) is 7.11 Å². The van der Waals surface area contributed by atoms with Gasteiger partial charge in [0, 0.05) is 13.3 Å². The van der Waals surface area contributed by atoms with E-state index in [1.165, 1.54) is 52.1 Å². The molecule has 3 unspecified atom stereocenters. The summed E-state index contributed by atoms with van der Waals surface area (Å²) in [7, 11) is 1.50. The minimum Gasteiger partial charge on any atom is -0.469 e. The molecule has 4 rings (SSSR count). The van der Waals surface area contributed by atoms with Crippen LogP contribution in [0.5, 0.6) is 0 Å². The van der Waals surface area contributed by atoms with E-state index in [0.717, 1.165) is 48.9 Å². The zero-order valence-electron chi connectivity index (χ0n) is 20.5. The first-order valence-corrected chi connectivity index (χ1v) is 12.9. The largest absolute Gasteiger partial charge is 0.469 e. The van der Waals surface area contributed by atoms with Crippen molar-refractivity contribution in [3.05, 3.63) is 0 Å². The molecule has 0 saturated heterocycles. The molecule has 4 heteroatoms. The smallest absolute Gasteiger partial charge is 0.305 e. The van der Waals surface area contributed by atoms with E-state index in [1.54, 1.807) is 6.92 Å². The lowest BCUT2D eigenvalue weighted by Gasteiger charge is -2.60. The van der Waals surface area contributed by atoms with E-state index in [1.807, 2.05) is 0 Å². The molecular weight excluding hydrogens is 388 g/mol. The maximum Gasteiger partial charge on any atom is 0.305 e. The van der Waals surface area contributed by atoms with Crippen LogP contribution in [0.4, 0.5) is 0 Å². The monoisotopic (exact) mass is 432 g/mol. The second-order valence-corrected chi connectivity index (χ2v) is 12.1. The van der Waals surface area contributed by atoms with Crippen LogP contribution in [0, 0.1) is 46.3 Å². The maximum atomic E-state index is 11.7. The fourth-order valence-corrected chi connectivity index (χ4v) is 9.19. The van der Waals surface area contributed by atoms with Gasteiger partial charge in [-0.3, -0.25) is 9.59 Å². The highest BCUT2D eigenvalue weighted by Crippen LogP contribution is 2.67. The van der Waals surface area contributed by atoms with Gasteiger partial charge in [0.05, 0.1) is 7.11 Å². The van der Waals surface area contributed by atoms with Gasteiger partial charge in [0.2, 0.25) is 0 Å². The molecule has 4 aliphatic rings. The Kier molecular flexibility index (Phi) is 6.49. The van der Waals surface area contributed by atoms with Crippen LogP contribution in [0.3, 0.4) is 0 Å². The summed E-state index contributed by atoms with van der Waals surface area (Å²) >= 11 is 0. The standard InChI is InChI=1S/C27H44O4/c1-17(6-11-25(29)30-5)22-9-10-24-21-12-14-26(3)16-19(31-18(2)28)7-8-23(26)20(21)13-15-27(22,24)4/h17,19-24H,6-16H2,1-5H3/t17-,19+,20?,21?,22-,23-,24?,26+,27-/m1/s1. The van der Waals surface area contributed by atoms with Gasteiger partial charge >= 0.3 is 11.9 Å². The summed E-state index contributed by atoms with van der Waals surface area (Å²) in [6.45, 7) is 9.01. The lowest BCUT2D eigenvalue weighted by atomic mass is 9.45. The fourth-order valence-electron chi connectivity index (χ4n) is 9.19. The molecule has 0 aromatic heterocycles. The van der Waals surface area contributed by atoms with Gasteiger partial charge < -0.3 is 9.47 Å². The summed E-state index contributed by atoms with van der Waals surface area (Å²) < 4.78 is 10.5. The minimum atomic E-state index is -0.118. The fraction of sp³-hybridized carbons (Fsp3) is 0.926. The SMILES string of the molecule is COC(=O)CC[C@@H](C)[C@H]1CCC2C3CC[C@@]4(C)C[C@@H](OC(C)=O)CC[C@@H]4C3CC[C@@]21C. The van der Waals surface area contributed by atoms with Gasteiger partial charge in [-0.15, -0.1) is 0 Å². The molecule has 0 spiro atoms. The second kappa shape index (κ2) is 8.71. The predicted molar refractivity (Wildman–Crippen MR) is 121 cm³/mol. The first-order valence-electron chi connectivity index (χ1n) is 12.9. The molecular formula is C27H44O4. The number of carbonyl (C=O) groups is 2. The second-order valence-electron chi connectivity index (χ2n) is 12.1. The Hall–Kier alpha value is -1.06. The van der Waals surface area contributed by atoms with Crippen LogP contribution in [0.15, 0.2) is 0 Å². The molecule has 0 aromatic carbocycles. The lowest BCUT2D eigenvalue weighted by Crippen LogP contribution is -2.53. The molecule has 4 nitrogen and oxygen atoms in total. The Morgan fingerprint density at radius 3 is 2.35 bits per heavy atom. The molecule has 0 aromatic rings. The van der Waals surface area contributed by atoms with Gasteiger partial charge in [-0.25, -0.2) is 0 Å². The Morgan fingerprint density at radius 1 is 0.968 bits per heavy atom. The van der Waals surface area contributed by atoms with Crippen molar-refractivity contribution in [3.63, 3.8) is 0 Å². The summed E-state index contributed by atoms with van der Waals surface area (Å²) in [4.78, 5) is 23.2. The highest BCUT2D eigenvalue weighted by atomic mass is 16.5. The van der Waals surface area contributed by atoms with E-state index >= 15 is 0 Å². The Labute approximate surface area is 189 Å². The molecule has 4 fully saturated rings. The van der Waals surface area contributed by atoms with Crippen molar-refractivity contribution in [2.45, 2.75) is 104 Å². The molecule has 31 heavy (non-hydrogen) atoms. The highest BCUT2D eigenvalue weighted by Gasteiger charge is 2.59. The van der Waals surface area contributed by atoms with E-state index < -0.39 is 0 Å². The average molecular weight is 433 g/mol. The molecule has 0 N–H and O–H groups in total. The van der Waals surface area contributed by atoms with E-state index in [4.69, 9.17) is 9.47 Å². The van der Waals surface area contributed by atoms with E-state index in [2.05, 4.69) is 20.8 Å². The number of hydrogen-bond donors (Lipinski definition) is 0. The predicted octanol–water partition coefficient (Wildman–Crippen LogP) is 6.17. The van der Waals surface area contributed by atoms with Gasteiger partial charge in [0.25, 0.3) is 0 Å². The first-order chi connectivity index (χ1) is 14.7. The van der Waals surface area contributed by atoms with Crippen molar-refractivity contribution >= 4 is 11.9 Å². The summed E-state index contributed by atoms with van der Waals surface area (Å²) in [6, 6.07) is 0. The quantitative estimate of drug-likeness (QED) is 0.488. The number of fused-ring (bicyclic) bond motifs is 5. The summed E-state index contributed by atoms with van der Waals surface area (Å²) in [6.07, 6.45) is 13.1. The summed E-state index contributed by atoms with van der Waals surface area (Å²) in [5.41, 5.74) is 0.790. The zero-order valence-corrected chi connectivity index (χ0v) is 20.5. The molecule has 0 heterocycles. The number of rotatable bonds is 5. The first kappa shape index (κ1) is 23.1. The van der Waals surface area contributed by atoms with Crippen LogP contribution in [0.2, 0.25) is 0 Å². The van der Waals surface area contributed by atoms with Crippen LogP contribution in [0.25, 0.3) is 0 Å². The summed E-state index contributed by atoms with van der Waals surface area (Å²) in [5, 5.41) is 0. The van der Waals surface area contributed by atoms with Crippen LogP contribution < -0.4 is 0 Å². The number of ether oxygens (including phenoxy) is 2. The maximum absolute atomic E-state index is 11.7. The number of hydrogen-bond acceptors (Lipinski definition) is 4. The third-order valence-corrected chi connectivity index (χ3v) is 10.6. The Balaban J connectivity index is 1.44. The molecule has 0 bridgehead atoms. The average Bonchev–Trinajstić information content (AvgIpc) is 3.07. The van der Waals surface area contributed by atoms with Crippen molar-refractivity contribution in [3.8, 4) is 0 Å². The topological polar surface area (TPSA) is 52.6 Å². The van der Waals surface area contributed by atoms with Crippen LogP contribution >= 0.6 is 0 Å². The lowest BCUT2D eigenvalue weighted by molar-refractivity contribution is -0.158. The summed E-state index contributed by atoms with van der Waals surface area (Å²) in [5.74, 6) is 4.55. The molecule has 4 saturated carbocycles. The van der Waals surface area contributed by atoms with E-state index in [9.17, 15) is 9.59 Å². The Morgan fingerprint density at radius 2 is 1.65 bits per heavy atom. The molecule has 0 aliphatic heterocycles. The molecule has 4 aliphatic carbocycles. The third kappa shape index (κ3) is 4.17. The van der Waals surface area contributed by atoms with Crippen molar-refractivity contribution in [1.29, 1.82) is 0 Å².